The van der Waals surface area contributed by atoms with Crippen LogP contribution in [0.1, 0.15) is 46.9 Å². The number of benzene rings is 2. The molecule has 0 aliphatic carbocycles. The summed E-state index contributed by atoms with van der Waals surface area (Å²) in [6.07, 6.45) is -2.32. The second kappa shape index (κ2) is 10.3. The number of halogens is 5. The lowest BCUT2D eigenvalue weighted by atomic mass is 10.0. The molecule has 13 heteroatoms. The van der Waals surface area contributed by atoms with Crippen molar-refractivity contribution in [2.45, 2.75) is 32.5 Å². The highest BCUT2D eigenvalue weighted by Crippen LogP contribution is 2.33. The monoisotopic (exact) mass is 573 g/mol. The number of hydrogen-bond donors (Lipinski definition) is 1. The van der Waals surface area contributed by atoms with Crippen molar-refractivity contribution in [1.82, 2.24) is 29.4 Å². The Balaban J connectivity index is 1.45. The Kier molecular flexibility index (Phi) is 7.04. The van der Waals surface area contributed by atoms with Gasteiger partial charge in [0.1, 0.15) is 11.9 Å². The van der Waals surface area contributed by atoms with Gasteiger partial charge in [-0.2, -0.15) is 18.3 Å². The van der Waals surface area contributed by atoms with Gasteiger partial charge in [0, 0.05) is 15.6 Å². The molecule has 0 radical (unpaired) electrons. The van der Waals surface area contributed by atoms with Gasteiger partial charge in [-0.1, -0.05) is 67.4 Å². The van der Waals surface area contributed by atoms with Crippen LogP contribution in [-0.2, 0) is 12.7 Å². The maximum atomic E-state index is 13.9. The highest BCUT2D eigenvalue weighted by atomic mass is 35.5. The Hall–Kier alpha value is -3.96. The van der Waals surface area contributed by atoms with E-state index in [1.165, 1.54) is 11.0 Å². The Morgan fingerprint density at radius 3 is 2.49 bits per heavy atom. The molecule has 0 spiro atoms. The summed E-state index contributed by atoms with van der Waals surface area (Å²) in [6.45, 7) is 4.29. The Labute approximate surface area is 230 Å². The summed E-state index contributed by atoms with van der Waals surface area (Å²) in [4.78, 5) is 21.5. The molecule has 2 aromatic carbocycles. The number of aromatic nitrogens is 6. The summed E-state index contributed by atoms with van der Waals surface area (Å²) in [7, 11) is 0. The number of nitrogens with one attached hydrogen (secondary N) is 1. The number of anilines is 1. The third kappa shape index (κ3) is 5.59. The molecule has 39 heavy (non-hydrogen) atoms. The van der Waals surface area contributed by atoms with E-state index in [4.69, 9.17) is 23.2 Å². The Bertz CT molecular complexity index is 1680. The molecule has 0 aliphatic heterocycles. The molecule has 0 unspecified atom stereocenters. The number of alkyl halides is 3. The second-order valence-corrected chi connectivity index (χ2v) is 9.89. The predicted molar refractivity (Wildman–Crippen MR) is 141 cm³/mol. The summed E-state index contributed by atoms with van der Waals surface area (Å²) in [5, 5.41) is 11.4. The molecular formula is C26H20Cl2F3N7O. The summed E-state index contributed by atoms with van der Waals surface area (Å²) in [6, 6.07) is 13.0. The van der Waals surface area contributed by atoms with E-state index in [0.717, 1.165) is 23.4 Å². The fraction of sp³-hybridized carbons (Fsp3) is 0.192. The first-order valence-corrected chi connectivity index (χ1v) is 12.5. The molecule has 0 saturated carbocycles. The quantitative estimate of drug-likeness (QED) is 0.243. The van der Waals surface area contributed by atoms with E-state index in [1.807, 2.05) is 26.0 Å². The fourth-order valence-electron chi connectivity index (χ4n) is 3.93. The van der Waals surface area contributed by atoms with Crippen molar-refractivity contribution < 1.29 is 18.0 Å². The number of rotatable bonds is 6. The Morgan fingerprint density at radius 2 is 1.82 bits per heavy atom. The molecule has 8 nitrogen and oxygen atoms in total. The third-order valence-electron chi connectivity index (χ3n) is 5.99. The zero-order chi connectivity index (χ0) is 27.9. The van der Waals surface area contributed by atoms with Crippen molar-refractivity contribution in [1.29, 1.82) is 0 Å². The van der Waals surface area contributed by atoms with E-state index in [9.17, 15) is 18.0 Å². The highest BCUT2D eigenvalue weighted by molar-refractivity contribution is 6.35. The minimum absolute atomic E-state index is 0.0547. The minimum atomic E-state index is -4.74. The largest absolute Gasteiger partial charge is 0.433 e. The molecule has 1 amide bonds. The zero-order valence-corrected chi connectivity index (χ0v) is 22.1. The molecule has 3 heterocycles. The molecular weight excluding hydrogens is 554 g/mol. The average Bonchev–Trinajstić information content (AvgIpc) is 3.51. The Morgan fingerprint density at radius 1 is 1.08 bits per heavy atom. The lowest BCUT2D eigenvalue weighted by molar-refractivity contribution is -0.142. The van der Waals surface area contributed by atoms with Crippen molar-refractivity contribution in [3.05, 3.63) is 93.5 Å². The maximum Gasteiger partial charge on any atom is 0.433 e. The average molecular weight is 574 g/mol. The van der Waals surface area contributed by atoms with E-state index in [1.54, 1.807) is 30.3 Å². The van der Waals surface area contributed by atoms with Gasteiger partial charge in [0.05, 0.1) is 18.4 Å². The van der Waals surface area contributed by atoms with Gasteiger partial charge in [-0.25, -0.2) is 19.2 Å². The molecule has 0 saturated heterocycles. The van der Waals surface area contributed by atoms with Crippen LogP contribution in [0.4, 0.5) is 19.1 Å². The molecule has 3 aromatic heterocycles. The minimum Gasteiger partial charge on any atom is -0.289 e. The lowest BCUT2D eigenvalue weighted by Crippen LogP contribution is -2.16. The van der Waals surface area contributed by atoms with E-state index >= 15 is 0 Å². The first-order valence-electron chi connectivity index (χ1n) is 11.7. The van der Waals surface area contributed by atoms with Gasteiger partial charge >= 0.3 is 6.18 Å². The third-order valence-corrected chi connectivity index (χ3v) is 6.58. The summed E-state index contributed by atoms with van der Waals surface area (Å²) >= 11 is 12.1. The van der Waals surface area contributed by atoms with Gasteiger partial charge in [-0.15, -0.1) is 5.10 Å². The predicted octanol–water partition coefficient (Wildman–Crippen LogP) is 6.74. The number of amides is 1. The van der Waals surface area contributed by atoms with E-state index in [0.29, 0.717) is 20.1 Å². The van der Waals surface area contributed by atoms with Gasteiger partial charge in [0.15, 0.2) is 11.3 Å². The zero-order valence-electron chi connectivity index (χ0n) is 20.5. The van der Waals surface area contributed by atoms with Crippen molar-refractivity contribution in [3.63, 3.8) is 0 Å². The van der Waals surface area contributed by atoms with Crippen LogP contribution in [-0.4, -0.2) is 35.3 Å². The molecule has 0 aliphatic rings. The number of hydrogen-bond acceptors (Lipinski definition) is 5. The van der Waals surface area contributed by atoms with E-state index in [-0.39, 0.29) is 35.3 Å². The van der Waals surface area contributed by atoms with Gasteiger partial charge in [0.25, 0.3) is 5.91 Å². The second-order valence-electron chi connectivity index (χ2n) is 9.05. The van der Waals surface area contributed by atoms with Gasteiger partial charge < -0.3 is 0 Å². The van der Waals surface area contributed by atoms with Crippen LogP contribution in [0, 0.1) is 0 Å². The smallest absolute Gasteiger partial charge is 0.289 e. The van der Waals surface area contributed by atoms with Crippen LogP contribution in [0.5, 0.6) is 0 Å². The molecule has 0 atom stereocenters. The van der Waals surface area contributed by atoms with Gasteiger partial charge in [-0.05, 0) is 35.2 Å². The van der Waals surface area contributed by atoms with Crippen LogP contribution < -0.4 is 5.32 Å². The summed E-state index contributed by atoms with van der Waals surface area (Å²) in [5.41, 5.74) is 0.811. The van der Waals surface area contributed by atoms with Gasteiger partial charge in [-0.3, -0.25) is 10.1 Å². The number of fused-ring (bicyclic) bond motifs is 1. The molecule has 5 rings (SSSR count). The molecule has 200 valence electrons. The first kappa shape index (κ1) is 26.6. The van der Waals surface area contributed by atoms with Crippen LogP contribution in [0.15, 0.2) is 61.1 Å². The SMILES string of the molecule is CC(C)c1ccc(-c2cc(C(F)(F)F)n3ncc(C(=O)Nc4ncn(Cc5ccc(Cl)cc5Cl)n4)c3n2)cc1. The fourth-order valence-corrected chi connectivity index (χ4v) is 4.40. The summed E-state index contributed by atoms with van der Waals surface area (Å²) in [5.74, 6) is -0.563. The van der Waals surface area contributed by atoms with E-state index in [2.05, 4.69) is 25.5 Å². The number of carbonyl (C=O) groups excluding carboxylic acids is 1. The van der Waals surface area contributed by atoms with Crippen LogP contribution in [0.2, 0.25) is 10.0 Å². The molecule has 1 N–H and O–H groups in total. The molecule has 5 aromatic rings. The number of nitrogens with zero attached hydrogens (tertiary/aromatic N) is 6. The maximum absolute atomic E-state index is 13.9. The highest BCUT2D eigenvalue weighted by Gasteiger charge is 2.36. The van der Waals surface area contributed by atoms with Crippen molar-refractivity contribution >= 4 is 40.7 Å². The van der Waals surface area contributed by atoms with Crippen molar-refractivity contribution in [2.75, 3.05) is 5.32 Å². The molecule has 0 fully saturated rings. The topological polar surface area (TPSA) is 90.0 Å². The standard InChI is InChI=1S/C26H20Cl2F3N7O/c1-14(2)15-3-5-16(6-4-15)21-10-22(26(29,30)31)38-23(34-21)19(11-33-38)24(39)35-25-32-13-37(36-25)12-17-7-8-18(27)9-20(17)28/h3-11,13-14H,12H2,1-2H3,(H,35,36,39). The van der Waals surface area contributed by atoms with Crippen molar-refractivity contribution in [2.24, 2.45) is 0 Å². The lowest BCUT2D eigenvalue weighted by Gasteiger charge is -2.12. The first-order chi connectivity index (χ1) is 18.5. The van der Waals surface area contributed by atoms with Crippen LogP contribution >= 0.6 is 23.2 Å². The van der Waals surface area contributed by atoms with Crippen LogP contribution in [0.25, 0.3) is 16.9 Å². The van der Waals surface area contributed by atoms with Crippen LogP contribution in [0.3, 0.4) is 0 Å². The number of carbonyl (C=O) groups is 1. The van der Waals surface area contributed by atoms with Crippen molar-refractivity contribution in [3.8, 4) is 11.3 Å². The van der Waals surface area contributed by atoms with Gasteiger partial charge in [0.2, 0.25) is 5.95 Å². The van der Waals surface area contributed by atoms with E-state index < -0.39 is 17.8 Å². The summed E-state index contributed by atoms with van der Waals surface area (Å²) < 4.78 is 43.9. The molecule has 0 bridgehead atoms. The normalized spacial score (nSPS) is 11.9.